The predicted molar refractivity (Wildman–Crippen MR) is 69.6 cm³/mol. The number of likely N-dealkylation sites (tertiary alicyclic amines) is 1. The summed E-state index contributed by atoms with van der Waals surface area (Å²) in [6.45, 7) is 10.0. The van der Waals surface area contributed by atoms with E-state index in [-0.39, 0.29) is 0 Å². The van der Waals surface area contributed by atoms with Crippen molar-refractivity contribution >= 4 is 0 Å². The lowest BCUT2D eigenvalue weighted by atomic mass is 10.1. The lowest BCUT2D eigenvalue weighted by molar-refractivity contribution is 0.309. The Hall–Kier alpha value is -0.340. The summed E-state index contributed by atoms with van der Waals surface area (Å²) in [7, 11) is 0. The van der Waals surface area contributed by atoms with Gasteiger partial charge >= 0.3 is 0 Å². The van der Waals surface area contributed by atoms with E-state index in [0.29, 0.717) is 6.04 Å². The Bertz CT molecular complexity index is 223. The van der Waals surface area contributed by atoms with Crippen LogP contribution in [0.1, 0.15) is 39.0 Å². The summed E-state index contributed by atoms with van der Waals surface area (Å²) in [5, 5.41) is 3.75. The first-order valence-corrected chi connectivity index (χ1v) is 6.87. The SMILES string of the molecule is C=CCCC(C)NC1CCN(CC2CC2)C1. The van der Waals surface area contributed by atoms with Gasteiger partial charge in [-0.2, -0.15) is 0 Å². The normalized spacial score (nSPS) is 28.2. The van der Waals surface area contributed by atoms with Crippen molar-refractivity contribution in [2.45, 2.75) is 51.1 Å². The predicted octanol–water partition coefficient (Wildman–Crippen LogP) is 2.42. The van der Waals surface area contributed by atoms with Crippen LogP contribution in [0.4, 0.5) is 0 Å². The summed E-state index contributed by atoms with van der Waals surface area (Å²) in [4.78, 5) is 2.65. The zero-order valence-electron chi connectivity index (χ0n) is 10.6. The molecule has 0 aromatic rings. The zero-order chi connectivity index (χ0) is 11.4. The minimum absolute atomic E-state index is 0.642. The quantitative estimate of drug-likeness (QED) is 0.666. The lowest BCUT2D eigenvalue weighted by Gasteiger charge is -2.20. The average Bonchev–Trinajstić information content (AvgIpc) is 2.96. The molecule has 2 unspecified atom stereocenters. The largest absolute Gasteiger partial charge is 0.310 e. The van der Waals surface area contributed by atoms with Crippen LogP contribution in [0.25, 0.3) is 0 Å². The number of allylic oxidation sites excluding steroid dienone is 1. The summed E-state index contributed by atoms with van der Waals surface area (Å²) in [6.07, 6.45) is 8.67. The second-order valence-electron chi connectivity index (χ2n) is 5.62. The van der Waals surface area contributed by atoms with E-state index in [2.05, 4.69) is 23.7 Å². The highest BCUT2D eigenvalue weighted by atomic mass is 15.2. The van der Waals surface area contributed by atoms with Gasteiger partial charge in [-0.3, -0.25) is 0 Å². The molecule has 1 aliphatic carbocycles. The molecular formula is C14H26N2. The molecule has 0 spiro atoms. The van der Waals surface area contributed by atoms with Gasteiger partial charge < -0.3 is 10.2 Å². The summed E-state index contributed by atoms with van der Waals surface area (Å²) in [6, 6.07) is 1.38. The molecule has 1 saturated heterocycles. The van der Waals surface area contributed by atoms with E-state index < -0.39 is 0 Å². The minimum Gasteiger partial charge on any atom is -0.310 e. The van der Waals surface area contributed by atoms with Crippen LogP contribution in [0.15, 0.2) is 12.7 Å². The van der Waals surface area contributed by atoms with Crippen molar-refractivity contribution in [3.63, 3.8) is 0 Å². The van der Waals surface area contributed by atoms with E-state index in [0.717, 1.165) is 18.4 Å². The van der Waals surface area contributed by atoms with E-state index in [9.17, 15) is 0 Å². The van der Waals surface area contributed by atoms with Crippen molar-refractivity contribution in [3.8, 4) is 0 Å². The van der Waals surface area contributed by atoms with E-state index in [1.165, 1.54) is 45.3 Å². The van der Waals surface area contributed by atoms with Gasteiger partial charge in [0.1, 0.15) is 0 Å². The second-order valence-corrected chi connectivity index (χ2v) is 5.62. The van der Waals surface area contributed by atoms with Crippen LogP contribution >= 0.6 is 0 Å². The van der Waals surface area contributed by atoms with Crippen LogP contribution in [-0.2, 0) is 0 Å². The molecule has 2 aliphatic rings. The number of nitrogens with zero attached hydrogens (tertiary/aromatic N) is 1. The second kappa shape index (κ2) is 5.83. The Kier molecular flexibility index (Phi) is 4.42. The molecule has 1 N–H and O–H groups in total. The molecule has 1 heterocycles. The molecule has 1 aliphatic heterocycles. The van der Waals surface area contributed by atoms with Crippen LogP contribution < -0.4 is 5.32 Å². The molecule has 2 rings (SSSR count). The van der Waals surface area contributed by atoms with E-state index in [1.54, 1.807) is 0 Å². The van der Waals surface area contributed by atoms with E-state index >= 15 is 0 Å². The maximum absolute atomic E-state index is 3.78. The third kappa shape index (κ3) is 3.91. The van der Waals surface area contributed by atoms with Gasteiger partial charge in [-0.15, -0.1) is 6.58 Å². The van der Waals surface area contributed by atoms with Crippen molar-refractivity contribution in [3.05, 3.63) is 12.7 Å². The molecule has 0 bridgehead atoms. The van der Waals surface area contributed by atoms with Crippen molar-refractivity contribution in [2.24, 2.45) is 5.92 Å². The highest BCUT2D eigenvalue weighted by Crippen LogP contribution is 2.30. The van der Waals surface area contributed by atoms with Gasteiger partial charge in [-0.25, -0.2) is 0 Å². The van der Waals surface area contributed by atoms with Crippen LogP contribution in [0.3, 0.4) is 0 Å². The van der Waals surface area contributed by atoms with E-state index in [1.807, 2.05) is 6.08 Å². The highest BCUT2D eigenvalue weighted by Gasteiger charge is 2.29. The minimum atomic E-state index is 0.642. The van der Waals surface area contributed by atoms with Crippen LogP contribution in [0.5, 0.6) is 0 Å². The number of hydrogen-bond donors (Lipinski definition) is 1. The molecule has 1 saturated carbocycles. The number of hydrogen-bond acceptors (Lipinski definition) is 2. The molecular weight excluding hydrogens is 196 g/mol. The highest BCUT2D eigenvalue weighted by molar-refractivity contribution is 4.86. The summed E-state index contributed by atoms with van der Waals surface area (Å²) in [5.41, 5.74) is 0. The molecule has 92 valence electrons. The van der Waals surface area contributed by atoms with Crippen LogP contribution in [-0.4, -0.2) is 36.6 Å². The van der Waals surface area contributed by atoms with Crippen molar-refractivity contribution < 1.29 is 0 Å². The first-order valence-electron chi connectivity index (χ1n) is 6.87. The zero-order valence-corrected chi connectivity index (χ0v) is 10.6. The van der Waals surface area contributed by atoms with Crippen molar-refractivity contribution in [2.75, 3.05) is 19.6 Å². The first kappa shape index (κ1) is 12.1. The smallest absolute Gasteiger partial charge is 0.0209 e. The molecule has 2 atom stereocenters. The number of nitrogens with one attached hydrogen (secondary N) is 1. The van der Waals surface area contributed by atoms with Gasteiger partial charge in [0.05, 0.1) is 0 Å². The molecule has 2 nitrogen and oxygen atoms in total. The van der Waals surface area contributed by atoms with Gasteiger partial charge in [-0.05, 0) is 51.5 Å². The standard InChI is InChI=1S/C14H26N2/c1-3-4-5-12(2)15-14-8-9-16(11-14)10-13-6-7-13/h3,12-15H,1,4-11H2,2H3. The fourth-order valence-electron chi connectivity index (χ4n) is 2.65. The summed E-state index contributed by atoms with van der Waals surface area (Å²) >= 11 is 0. The van der Waals surface area contributed by atoms with Crippen LogP contribution in [0.2, 0.25) is 0 Å². The first-order chi connectivity index (χ1) is 7.78. The summed E-state index contributed by atoms with van der Waals surface area (Å²) < 4.78 is 0. The van der Waals surface area contributed by atoms with Gasteiger partial charge in [0.15, 0.2) is 0 Å². The molecule has 2 fully saturated rings. The fourth-order valence-corrected chi connectivity index (χ4v) is 2.65. The average molecular weight is 222 g/mol. The van der Waals surface area contributed by atoms with E-state index in [4.69, 9.17) is 0 Å². The molecule has 0 amide bonds. The Labute approximate surface area is 100 Å². The molecule has 0 radical (unpaired) electrons. The van der Waals surface area contributed by atoms with Gasteiger partial charge in [0.25, 0.3) is 0 Å². The third-order valence-electron chi connectivity index (χ3n) is 3.81. The fraction of sp³-hybridized carbons (Fsp3) is 0.857. The summed E-state index contributed by atoms with van der Waals surface area (Å²) in [5.74, 6) is 1.04. The van der Waals surface area contributed by atoms with Crippen LogP contribution in [0, 0.1) is 5.92 Å². The Morgan fingerprint density at radius 3 is 2.94 bits per heavy atom. The maximum Gasteiger partial charge on any atom is 0.0209 e. The topological polar surface area (TPSA) is 15.3 Å². The molecule has 2 heteroatoms. The Morgan fingerprint density at radius 1 is 1.44 bits per heavy atom. The molecule has 0 aromatic heterocycles. The Balaban J connectivity index is 1.61. The maximum atomic E-state index is 3.78. The van der Waals surface area contributed by atoms with Gasteiger partial charge in [-0.1, -0.05) is 6.08 Å². The number of rotatable bonds is 7. The third-order valence-corrected chi connectivity index (χ3v) is 3.81. The molecule has 0 aromatic carbocycles. The molecule has 16 heavy (non-hydrogen) atoms. The van der Waals surface area contributed by atoms with Gasteiger partial charge in [0.2, 0.25) is 0 Å². The Morgan fingerprint density at radius 2 is 2.25 bits per heavy atom. The monoisotopic (exact) mass is 222 g/mol. The van der Waals surface area contributed by atoms with Crippen molar-refractivity contribution in [1.82, 2.24) is 10.2 Å². The van der Waals surface area contributed by atoms with Gasteiger partial charge in [0, 0.05) is 25.2 Å². The lowest BCUT2D eigenvalue weighted by Crippen LogP contribution is -2.38. The van der Waals surface area contributed by atoms with Crippen molar-refractivity contribution in [1.29, 1.82) is 0 Å².